The Morgan fingerprint density at radius 2 is 2.15 bits per heavy atom. The molecule has 2 heteroatoms. The minimum atomic E-state index is -0.0278. The molecule has 13 heavy (non-hydrogen) atoms. The lowest BCUT2D eigenvalue weighted by molar-refractivity contribution is -0.112. The van der Waals surface area contributed by atoms with Crippen molar-refractivity contribution in [3.8, 4) is 5.75 Å². The molecule has 0 aliphatic heterocycles. The predicted octanol–water partition coefficient (Wildman–Crippen LogP) is 2.30. The Kier molecular flexibility index (Phi) is 2.85. The van der Waals surface area contributed by atoms with Gasteiger partial charge < -0.3 is 5.11 Å². The molecular weight excluding hydrogens is 164 g/mol. The molecule has 0 bridgehead atoms. The average molecular weight is 176 g/mol. The zero-order valence-electron chi connectivity index (χ0n) is 7.74. The van der Waals surface area contributed by atoms with Crippen LogP contribution in [-0.2, 0) is 4.79 Å². The Balaban J connectivity index is 2.96. The van der Waals surface area contributed by atoms with E-state index >= 15 is 0 Å². The van der Waals surface area contributed by atoms with Gasteiger partial charge in [0.15, 0.2) is 5.78 Å². The molecule has 2 nitrogen and oxygen atoms in total. The normalized spacial score (nSPS) is 10.6. The van der Waals surface area contributed by atoms with Gasteiger partial charge in [0.2, 0.25) is 0 Å². The van der Waals surface area contributed by atoms with Gasteiger partial charge in [-0.15, -0.1) is 0 Å². The number of ketones is 1. The monoisotopic (exact) mass is 176 g/mol. The second kappa shape index (κ2) is 3.90. The average Bonchev–Trinajstić information content (AvgIpc) is 2.02. The quantitative estimate of drug-likeness (QED) is 0.702. The van der Waals surface area contributed by atoms with Crippen LogP contribution < -0.4 is 0 Å². The summed E-state index contributed by atoms with van der Waals surface area (Å²) in [5.74, 6) is 0.178. The first-order chi connectivity index (χ1) is 6.09. The van der Waals surface area contributed by atoms with Crippen LogP contribution in [0.25, 0.3) is 6.08 Å². The number of aromatic hydroxyl groups is 1. The van der Waals surface area contributed by atoms with Gasteiger partial charge in [0.25, 0.3) is 0 Å². The highest BCUT2D eigenvalue weighted by molar-refractivity contribution is 5.91. The van der Waals surface area contributed by atoms with E-state index in [1.54, 1.807) is 18.2 Å². The van der Waals surface area contributed by atoms with Crippen molar-refractivity contribution < 1.29 is 9.90 Å². The highest BCUT2D eigenvalue weighted by Crippen LogP contribution is 2.19. The molecular formula is C11H12O2. The first-order valence-electron chi connectivity index (χ1n) is 4.08. The highest BCUT2D eigenvalue weighted by Gasteiger charge is 1.96. The molecule has 68 valence electrons. The van der Waals surface area contributed by atoms with Crippen LogP contribution >= 0.6 is 0 Å². The molecule has 0 fully saturated rings. The number of carbonyl (C=O) groups excluding carboxylic acids is 1. The molecule has 0 aliphatic rings. The molecule has 0 atom stereocenters. The Morgan fingerprint density at radius 3 is 2.69 bits per heavy atom. The maximum Gasteiger partial charge on any atom is 0.152 e. The molecule has 0 saturated heterocycles. The number of hydrogen-bond donors (Lipinski definition) is 1. The Morgan fingerprint density at radius 1 is 1.46 bits per heavy atom. The Hall–Kier alpha value is -1.57. The van der Waals surface area contributed by atoms with Gasteiger partial charge in [0, 0.05) is 5.56 Å². The zero-order chi connectivity index (χ0) is 9.84. The van der Waals surface area contributed by atoms with Crippen LogP contribution in [0.2, 0.25) is 0 Å². The third kappa shape index (κ3) is 2.75. The Labute approximate surface area is 77.5 Å². The second-order valence-corrected chi connectivity index (χ2v) is 3.01. The number of aryl methyl sites for hydroxylation is 1. The van der Waals surface area contributed by atoms with E-state index in [1.807, 2.05) is 13.0 Å². The minimum absolute atomic E-state index is 0.0278. The van der Waals surface area contributed by atoms with Gasteiger partial charge in [-0.05, 0) is 37.6 Å². The summed E-state index contributed by atoms with van der Waals surface area (Å²) >= 11 is 0. The van der Waals surface area contributed by atoms with E-state index in [9.17, 15) is 9.90 Å². The third-order valence-electron chi connectivity index (χ3n) is 1.68. The summed E-state index contributed by atoms with van der Waals surface area (Å²) < 4.78 is 0. The fraction of sp³-hybridized carbons (Fsp3) is 0.182. The van der Waals surface area contributed by atoms with Crippen LogP contribution in [0.5, 0.6) is 5.75 Å². The smallest absolute Gasteiger partial charge is 0.152 e. The van der Waals surface area contributed by atoms with Crippen molar-refractivity contribution in [3.63, 3.8) is 0 Å². The molecule has 1 rings (SSSR count). The van der Waals surface area contributed by atoms with Crippen LogP contribution in [-0.4, -0.2) is 10.9 Å². The summed E-state index contributed by atoms with van der Waals surface area (Å²) in [5.41, 5.74) is 1.67. The van der Waals surface area contributed by atoms with Gasteiger partial charge in [-0.2, -0.15) is 0 Å². The largest absolute Gasteiger partial charge is 0.507 e. The summed E-state index contributed by atoms with van der Waals surface area (Å²) in [6.07, 6.45) is 3.04. The maximum atomic E-state index is 10.6. The molecule has 1 N–H and O–H groups in total. The molecule has 1 aromatic rings. The lowest BCUT2D eigenvalue weighted by atomic mass is 10.1. The molecule has 0 aromatic heterocycles. The highest BCUT2D eigenvalue weighted by atomic mass is 16.3. The topological polar surface area (TPSA) is 37.3 Å². The van der Waals surface area contributed by atoms with E-state index < -0.39 is 0 Å². The van der Waals surface area contributed by atoms with E-state index in [0.29, 0.717) is 5.56 Å². The summed E-state index contributed by atoms with van der Waals surface area (Å²) in [6.45, 7) is 3.37. The van der Waals surface area contributed by atoms with Gasteiger partial charge in [-0.3, -0.25) is 4.79 Å². The zero-order valence-corrected chi connectivity index (χ0v) is 7.74. The van der Waals surface area contributed by atoms with Crippen molar-refractivity contribution in [2.24, 2.45) is 0 Å². The van der Waals surface area contributed by atoms with Crippen LogP contribution in [0.15, 0.2) is 24.3 Å². The maximum absolute atomic E-state index is 10.6. The fourth-order valence-corrected chi connectivity index (χ4v) is 1.00. The van der Waals surface area contributed by atoms with Gasteiger partial charge in [0.05, 0.1) is 0 Å². The molecule has 0 heterocycles. The van der Waals surface area contributed by atoms with E-state index in [0.717, 1.165) is 5.56 Å². The number of hydrogen-bond acceptors (Lipinski definition) is 2. The van der Waals surface area contributed by atoms with E-state index in [2.05, 4.69) is 0 Å². The summed E-state index contributed by atoms with van der Waals surface area (Å²) in [7, 11) is 0. The van der Waals surface area contributed by atoms with Crippen LogP contribution in [0.1, 0.15) is 18.1 Å². The molecule has 0 aliphatic carbocycles. The van der Waals surface area contributed by atoms with Gasteiger partial charge in [-0.1, -0.05) is 12.1 Å². The number of phenols is 1. The lowest BCUT2D eigenvalue weighted by Gasteiger charge is -1.99. The van der Waals surface area contributed by atoms with Crippen molar-refractivity contribution in [2.75, 3.05) is 0 Å². The molecule has 0 spiro atoms. The molecule has 0 amide bonds. The number of allylic oxidation sites excluding steroid dienone is 1. The standard InChI is InChI=1S/C11H12O2/c1-8-3-5-10(11(13)7-8)6-4-9(2)12/h3-7,13H,1-2H3/b6-4+. The van der Waals surface area contributed by atoms with Crippen LogP contribution in [0.3, 0.4) is 0 Å². The first kappa shape index (κ1) is 9.52. The second-order valence-electron chi connectivity index (χ2n) is 3.01. The lowest BCUT2D eigenvalue weighted by Crippen LogP contribution is -1.81. The van der Waals surface area contributed by atoms with Gasteiger partial charge in [0.1, 0.15) is 5.75 Å². The number of rotatable bonds is 2. The SMILES string of the molecule is CC(=O)/C=C/c1ccc(C)cc1O. The van der Waals surface area contributed by atoms with E-state index in [1.165, 1.54) is 13.0 Å². The van der Waals surface area contributed by atoms with E-state index in [4.69, 9.17) is 0 Å². The van der Waals surface area contributed by atoms with Crippen molar-refractivity contribution >= 4 is 11.9 Å². The number of carbonyl (C=O) groups is 1. The number of benzene rings is 1. The first-order valence-corrected chi connectivity index (χ1v) is 4.08. The Bertz CT molecular complexity index is 351. The van der Waals surface area contributed by atoms with E-state index in [-0.39, 0.29) is 11.5 Å². The summed E-state index contributed by atoms with van der Waals surface area (Å²) in [5, 5.41) is 9.44. The predicted molar refractivity (Wildman–Crippen MR) is 52.6 cm³/mol. The van der Waals surface area contributed by atoms with Crippen molar-refractivity contribution in [2.45, 2.75) is 13.8 Å². The fourth-order valence-electron chi connectivity index (χ4n) is 1.00. The van der Waals surface area contributed by atoms with Crippen molar-refractivity contribution in [1.82, 2.24) is 0 Å². The van der Waals surface area contributed by atoms with Gasteiger partial charge in [-0.25, -0.2) is 0 Å². The van der Waals surface area contributed by atoms with Crippen molar-refractivity contribution in [3.05, 3.63) is 35.4 Å². The molecule has 1 aromatic carbocycles. The van der Waals surface area contributed by atoms with Crippen LogP contribution in [0, 0.1) is 6.92 Å². The summed E-state index contributed by atoms with van der Waals surface area (Å²) in [4.78, 5) is 10.6. The van der Waals surface area contributed by atoms with Crippen molar-refractivity contribution in [1.29, 1.82) is 0 Å². The van der Waals surface area contributed by atoms with Gasteiger partial charge >= 0.3 is 0 Å². The summed E-state index contributed by atoms with van der Waals surface area (Å²) in [6, 6.07) is 5.34. The minimum Gasteiger partial charge on any atom is -0.507 e. The molecule has 0 saturated carbocycles. The molecule has 0 unspecified atom stereocenters. The van der Waals surface area contributed by atoms with Crippen LogP contribution in [0.4, 0.5) is 0 Å². The molecule has 0 radical (unpaired) electrons. The third-order valence-corrected chi connectivity index (χ3v) is 1.68. The number of phenolic OH excluding ortho intramolecular Hbond substituents is 1.